The van der Waals surface area contributed by atoms with Gasteiger partial charge in [-0.3, -0.25) is 0 Å². The first-order valence-corrected chi connectivity index (χ1v) is 14.1. The van der Waals surface area contributed by atoms with E-state index < -0.39 is 5.97 Å². The highest BCUT2D eigenvalue weighted by Gasteiger charge is 2.44. The van der Waals surface area contributed by atoms with Crippen molar-refractivity contribution in [3.05, 3.63) is 63.5 Å². The highest BCUT2D eigenvalue weighted by atomic mass is 35.5. The lowest BCUT2D eigenvalue weighted by Gasteiger charge is -2.37. The fraction of sp³-hybridized carbons (Fsp3) is 0.393. The molecule has 206 valence electrons. The van der Waals surface area contributed by atoms with Gasteiger partial charge in [-0.2, -0.15) is 4.98 Å². The fourth-order valence-electron chi connectivity index (χ4n) is 5.94. The van der Waals surface area contributed by atoms with E-state index in [0.29, 0.717) is 45.5 Å². The van der Waals surface area contributed by atoms with Crippen LogP contribution in [0.4, 0.5) is 5.95 Å². The van der Waals surface area contributed by atoms with Crippen molar-refractivity contribution in [2.45, 2.75) is 69.2 Å². The van der Waals surface area contributed by atoms with E-state index in [1.54, 1.807) is 24.3 Å². The smallest absolute Gasteiger partial charge is 0.354 e. The number of halogens is 2. The summed E-state index contributed by atoms with van der Waals surface area (Å²) in [5.41, 5.74) is 2.50. The summed E-state index contributed by atoms with van der Waals surface area (Å²) in [6.45, 7) is 0.369. The number of anilines is 1. The van der Waals surface area contributed by atoms with Gasteiger partial charge in [0.05, 0.1) is 22.8 Å². The fourth-order valence-corrected chi connectivity index (χ4v) is 6.51. The van der Waals surface area contributed by atoms with Crippen LogP contribution < -0.4 is 4.90 Å². The second kappa shape index (κ2) is 10.2. The number of piperidine rings is 1. The Balaban J connectivity index is 1.07. The molecule has 0 unspecified atom stereocenters. The van der Waals surface area contributed by atoms with Crippen LogP contribution in [0.3, 0.4) is 0 Å². The van der Waals surface area contributed by atoms with E-state index >= 15 is 0 Å². The summed E-state index contributed by atoms with van der Waals surface area (Å²) in [6.07, 6.45) is 5.83. The van der Waals surface area contributed by atoms with Gasteiger partial charge in [0, 0.05) is 29.1 Å². The quantitative estimate of drug-likeness (QED) is 0.250. The molecule has 3 fully saturated rings. The van der Waals surface area contributed by atoms with Crippen LogP contribution in [-0.2, 0) is 11.3 Å². The average Bonchev–Trinajstić information content (AvgIpc) is 3.41. The zero-order valence-corrected chi connectivity index (χ0v) is 22.8. The maximum absolute atomic E-state index is 11.3. The van der Waals surface area contributed by atoms with Gasteiger partial charge in [-0.05, 0) is 67.9 Å². The minimum absolute atomic E-state index is 0.0468. The maximum Gasteiger partial charge on any atom is 0.354 e. The van der Waals surface area contributed by atoms with Crippen molar-refractivity contribution < 1.29 is 23.7 Å². The number of hydrogen-bond donors (Lipinski definition) is 1. The van der Waals surface area contributed by atoms with Crippen LogP contribution in [-0.4, -0.2) is 49.5 Å². The third kappa shape index (κ3) is 4.63. The highest BCUT2D eigenvalue weighted by molar-refractivity contribution is 6.39. The number of aromatic carboxylic acids is 1. The molecular weight excluding hydrogens is 557 g/mol. The minimum atomic E-state index is -1.11. The van der Waals surface area contributed by atoms with E-state index in [0.717, 1.165) is 49.8 Å². The standard InChI is InChI=1S/C28H25Cl2N5O5/c29-19-3-1-4-20(30)23(19)24-18(25(39-33-24)14-7-8-14)13-38-17-11-15-9-10-16(12-17)35(15)28-32-26(40-34-28)21-5-2-6-22(31-21)27(36)37/h1-6,14-17H,7-13H2,(H,36,37)/t15-,16+,17+. The molecule has 3 aromatic heterocycles. The molecule has 0 spiro atoms. The number of rotatable bonds is 8. The van der Waals surface area contributed by atoms with E-state index in [1.165, 1.54) is 6.07 Å². The summed E-state index contributed by atoms with van der Waals surface area (Å²) >= 11 is 13.0. The molecular formula is C28H25Cl2N5O5. The van der Waals surface area contributed by atoms with Crippen molar-refractivity contribution in [3.63, 3.8) is 0 Å². The number of ether oxygens (including phenoxy) is 1. The van der Waals surface area contributed by atoms with Crippen molar-refractivity contribution in [2.75, 3.05) is 4.90 Å². The van der Waals surface area contributed by atoms with Crippen molar-refractivity contribution in [3.8, 4) is 22.8 Å². The van der Waals surface area contributed by atoms with E-state index in [-0.39, 0.29) is 29.8 Å². The normalized spacial score (nSPS) is 22.1. The third-order valence-corrected chi connectivity index (χ3v) is 8.58. The molecule has 12 heteroatoms. The van der Waals surface area contributed by atoms with Crippen LogP contribution >= 0.6 is 23.2 Å². The van der Waals surface area contributed by atoms with Gasteiger partial charge < -0.3 is 23.8 Å². The molecule has 2 saturated heterocycles. The summed E-state index contributed by atoms with van der Waals surface area (Å²) < 4.78 is 17.8. The van der Waals surface area contributed by atoms with Gasteiger partial charge in [-0.1, -0.05) is 40.5 Å². The predicted molar refractivity (Wildman–Crippen MR) is 146 cm³/mol. The predicted octanol–water partition coefficient (Wildman–Crippen LogP) is 6.39. The molecule has 5 heterocycles. The second-order valence-corrected chi connectivity index (χ2v) is 11.4. The molecule has 3 atom stereocenters. The molecule has 1 aliphatic carbocycles. The topological polar surface area (TPSA) is 128 Å². The Morgan fingerprint density at radius 3 is 2.40 bits per heavy atom. The zero-order valence-electron chi connectivity index (χ0n) is 21.3. The molecule has 2 bridgehead atoms. The Bertz CT molecular complexity index is 1550. The zero-order chi connectivity index (χ0) is 27.4. The van der Waals surface area contributed by atoms with Crippen molar-refractivity contribution in [1.82, 2.24) is 20.3 Å². The Hall–Kier alpha value is -3.47. The molecule has 2 aliphatic heterocycles. The van der Waals surface area contributed by atoms with Crippen molar-refractivity contribution >= 4 is 35.1 Å². The van der Waals surface area contributed by atoms with Crippen LogP contribution in [0.2, 0.25) is 10.0 Å². The monoisotopic (exact) mass is 581 g/mol. The Morgan fingerprint density at radius 1 is 0.975 bits per heavy atom. The number of aromatic nitrogens is 4. The van der Waals surface area contributed by atoms with Crippen molar-refractivity contribution in [1.29, 1.82) is 0 Å². The third-order valence-electron chi connectivity index (χ3n) is 7.95. The van der Waals surface area contributed by atoms with Gasteiger partial charge in [0.1, 0.15) is 22.8 Å². The Morgan fingerprint density at radius 2 is 1.70 bits per heavy atom. The summed E-state index contributed by atoms with van der Waals surface area (Å²) in [5.74, 6) is 0.804. The number of fused-ring (bicyclic) bond motifs is 2. The number of carboxylic acid groups (broad SMARTS) is 1. The van der Waals surface area contributed by atoms with Crippen LogP contribution in [0.1, 0.15) is 66.3 Å². The second-order valence-electron chi connectivity index (χ2n) is 10.6. The van der Waals surface area contributed by atoms with E-state index in [4.69, 9.17) is 37.0 Å². The first kappa shape index (κ1) is 25.5. The van der Waals surface area contributed by atoms with Gasteiger partial charge in [0.2, 0.25) is 0 Å². The molecule has 4 aromatic rings. The lowest BCUT2D eigenvalue weighted by Crippen LogP contribution is -2.46. The lowest BCUT2D eigenvalue weighted by atomic mass is 9.99. The maximum atomic E-state index is 11.3. The molecule has 3 aliphatic rings. The molecule has 0 radical (unpaired) electrons. The van der Waals surface area contributed by atoms with Gasteiger partial charge in [-0.25, -0.2) is 9.78 Å². The lowest BCUT2D eigenvalue weighted by molar-refractivity contribution is 0.0144. The van der Waals surface area contributed by atoms with Crippen LogP contribution in [0.15, 0.2) is 45.4 Å². The molecule has 40 heavy (non-hydrogen) atoms. The molecule has 1 N–H and O–H groups in total. The van der Waals surface area contributed by atoms with Gasteiger partial charge >= 0.3 is 5.97 Å². The number of pyridine rings is 1. The summed E-state index contributed by atoms with van der Waals surface area (Å²) in [6, 6.07) is 10.5. The SMILES string of the molecule is O=C(O)c1cccc(-c2nc(N3[C@@H]4CC[C@H]3C[C@@H](OCc3c(-c5c(Cl)cccc5Cl)noc3C3CC3)C4)no2)n1. The Kier molecular flexibility index (Phi) is 6.48. The molecule has 0 amide bonds. The first-order chi connectivity index (χ1) is 19.5. The number of carboxylic acids is 1. The number of nitrogens with zero attached hydrogens (tertiary/aromatic N) is 5. The number of hydrogen-bond acceptors (Lipinski definition) is 9. The van der Waals surface area contributed by atoms with Crippen LogP contribution in [0.25, 0.3) is 22.8 Å². The van der Waals surface area contributed by atoms with Gasteiger partial charge in [0.25, 0.3) is 11.8 Å². The van der Waals surface area contributed by atoms with E-state index in [2.05, 4.69) is 25.2 Å². The van der Waals surface area contributed by atoms with Crippen LogP contribution in [0.5, 0.6) is 0 Å². The molecule has 10 nitrogen and oxygen atoms in total. The largest absolute Gasteiger partial charge is 0.477 e. The number of carbonyl (C=O) groups is 1. The van der Waals surface area contributed by atoms with E-state index in [9.17, 15) is 9.90 Å². The number of benzene rings is 1. The van der Waals surface area contributed by atoms with Crippen molar-refractivity contribution in [2.24, 2.45) is 0 Å². The minimum Gasteiger partial charge on any atom is -0.477 e. The Labute approximate surface area is 239 Å². The van der Waals surface area contributed by atoms with Crippen LogP contribution in [0, 0.1) is 0 Å². The molecule has 1 saturated carbocycles. The summed E-state index contributed by atoms with van der Waals surface area (Å²) in [7, 11) is 0. The first-order valence-electron chi connectivity index (χ1n) is 13.3. The highest BCUT2D eigenvalue weighted by Crippen LogP contribution is 2.47. The van der Waals surface area contributed by atoms with E-state index in [1.807, 2.05) is 6.07 Å². The molecule has 7 rings (SSSR count). The molecule has 1 aromatic carbocycles. The van der Waals surface area contributed by atoms with Gasteiger partial charge in [-0.15, -0.1) is 0 Å². The average molecular weight is 582 g/mol. The summed E-state index contributed by atoms with van der Waals surface area (Å²) in [5, 5.41) is 18.9. The summed E-state index contributed by atoms with van der Waals surface area (Å²) in [4.78, 5) is 22.2. The van der Waals surface area contributed by atoms with Gasteiger partial charge in [0.15, 0.2) is 0 Å².